The largest absolute Gasteiger partial charge is 0.370 e. The van der Waals surface area contributed by atoms with Crippen LogP contribution in [0.25, 0.3) is 10.2 Å². The van der Waals surface area contributed by atoms with E-state index in [0.29, 0.717) is 12.5 Å². The van der Waals surface area contributed by atoms with Gasteiger partial charge in [-0.1, -0.05) is 12.1 Å². The molecule has 1 atom stereocenters. The number of aromatic nitrogens is 1. The fraction of sp³-hybridized carbons (Fsp3) is 0.600. The Morgan fingerprint density at radius 2 is 2.08 bits per heavy atom. The Labute approximate surface area is 157 Å². The molecule has 1 aromatic carbocycles. The number of hydrogen-bond donors (Lipinski definition) is 0. The third kappa shape index (κ3) is 3.04. The van der Waals surface area contributed by atoms with Crippen LogP contribution in [-0.4, -0.2) is 65.1 Å². The van der Waals surface area contributed by atoms with Crippen LogP contribution in [0.4, 0.5) is 0 Å². The minimum atomic E-state index is -0.0568. The van der Waals surface area contributed by atoms with Crippen molar-refractivity contribution in [3.05, 3.63) is 29.3 Å². The van der Waals surface area contributed by atoms with Gasteiger partial charge in [-0.25, -0.2) is 4.98 Å². The van der Waals surface area contributed by atoms with Gasteiger partial charge in [0.05, 0.1) is 34.9 Å². The number of fused-ring (bicyclic) bond motifs is 1. The Kier molecular flexibility index (Phi) is 4.22. The molecular formula is C20H25N3O2S. The van der Waals surface area contributed by atoms with Crippen LogP contribution in [-0.2, 0) is 16.0 Å². The Morgan fingerprint density at radius 3 is 2.88 bits per heavy atom. The fourth-order valence-electron chi connectivity index (χ4n) is 4.61. The van der Waals surface area contributed by atoms with Crippen LogP contribution in [0, 0.1) is 0 Å². The van der Waals surface area contributed by atoms with Crippen LogP contribution in [0.5, 0.6) is 0 Å². The van der Waals surface area contributed by atoms with Crippen molar-refractivity contribution in [2.24, 2.45) is 0 Å². The Balaban J connectivity index is 1.12. The summed E-state index contributed by atoms with van der Waals surface area (Å²) in [4.78, 5) is 21.7. The van der Waals surface area contributed by atoms with E-state index in [-0.39, 0.29) is 11.5 Å². The topological polar surface area (TPSA) is 45.7 Å². The highest BCUT2D eigenvalue weighted by atomic mass is 32.1. The number of hydrogen-bond acceptors (Lipinski definition) is 5. The second-order valence-corrected chi connectivity index (χ2v) is 9.04. The molecule has 5 nitrogen and oxygen atoms in total. The van der Waals surface area contributed by atoms with E-state index in [4.69, 9.17) is 4.74 Å². The highest BCUT2D eigenvalue weighted by molar-refractivity contribution is 7.18. The summed E-state index contributed by atoms with van der Waals surface area (Å²) in [7, 11) is 0. The third-order valence-corrected chi connectivity index (χ3v) is 7.14. The van der Waals surface area contributed by atoms with E-state index in [9.17, 15) is 4.79 Å². The molecule has 6 heteroatoms. The van der Waals surface area contributed by atoms with Gasteiger partial charge in [-0.15, -0.1) is 11.3 Å². The van der Waals surface area contributed by atoms with E-state index in [1.165, 1.54) is 30.6 Å². The smallest absolute Gasteiger partial charge is 0.223 e. The van der Waals surface area contributed by atoms with Crippen LogP contribution in [0.2, 0.25) is 0 Å². The van der Waals surface area contributed by atoms with Crippen LogP contribution in [0.3, 0.4) is 0 Å². The summed E-state index contributed by atoms with van der Waals surface area (Å²) < 4.78 is 7.34. The van der Waals surface area contributed by atoms with Gasteiger partial charge in [-0.2, -0.15) is 0 Å². The van der Waals surface area contributed by atoms with Crippen LogP contribution in [0.15, 0.2) is 24.3 Å². The second-order valence-electron chi connectivity index (χ2n) is 7.92. The molecule has 3 aliphatic rings. The van der Waals surface area contributed by atoms with Crippen LogP contribution >= 0.6 is 11.3 Å². The molecule has 3 fully saturated rings. The first-order valence-corrected chi connectivity index (χ1v) is 10.5. The number of thiazole rings is 1. The summed E-state index contributed by atoms with van der Waals surface area (Å²) in [6.07, 6.45) is 5.01. The maximum Gasteiger partial charge on any atom is 0.223 e. The molecule has 3 aliphatic heterocycles. The molecule has 3 saturated heterocycles. The summed E-state index contributed by atoms with van der Waals surface area (Å²) in [6.45, 7) is 4.82. The average molecular weight is 372 g/mol. The van der Waals surface area contributed by atoms with Gasteiger partial charge >= 0.3 is 0 Å². The number of para-hydroxylation sites is 1. The summed E-state index contributed by atoms with van der Waals surface area (Å²) in [5, 5.41) is 1.06. The van der Waals surface area contributed by atoms with E-state index in [2.05, 4.69) is 16.0 Å². The molecule has 0 N–H and O–H groups in total. The minimum Gasteiger partial charge on any atom is -0.370 e. The maximum atomic E-state index is 12.5. The molecule has 138 valence electrons. The van der Waals surface area contributed by atoms with Gasteiger partial charge in [0.15, 0.2) is 0 Å². The van der Waals surface area contributed by atoms with Gasteiger partial charge < -0.3 is 9.64 Å². The van der Waals surface area contributed by atoms with E-state index in [1.54, 1.807) is 11.3 Å². The molecule has 1 amide bonds. The number of carbonyl (C=O) groups excluding carboxylic acids is 1. The average Bonchev–Trinajstić information content (AvgIpc) is 3.36. The maximum absolute atomic E-state index is 12.5. The standard InChI is InChI=1S/C20H25N3O2S/c24-19(8-7-18-21-16-5-1-2-6-17(16)26-18)23-13-20(14-23)11-15(12-25-20)22-9-3-4-10-22/h1-2,5-6,15H,3-4,7-14H2. The van der Waals surface area contributed by atoms with Gasteiger partial charge in [0.2, 0.25) is 5.91 Å². The lowest BCUT2D eigenvalue weighted by Gasteiger charge is -2.47. The van der Waals surface area contributed by atoms with Crippen molar-refractivity contribution in [2.75, 3.05) is 32.8 Å². The number of benzene rings is 1. The molecule has 5 rings (SSSR count). The predicted octanol–water partition coefficient (Wildman–Crippen LogP) is 2.69. The zero-order valence-electron chi connectivity index (χ0n) is 15.0. The SMILES string of the molecule is O=C(CCc1nc2ccccc2s1)N1CC2(CC(N3CCCC3)CO2)C1. The minimum absolute atomic E-state index is 0.0568. The normalized spacial score (nSPS) is 25.2. The molecule has 1 spiro atoms. The first-order valence-electron chi connectivity index (χ1n) is 9.71. The van der Waals surface area contributed by atoms with Crippen molar-refractivity contribution in [3.8, 4) is 0 Å². The lowest BCUT2D eigenvalue weighted by atomic mass is 9.88. The van der Waals surface area contributed by atoms with Crippen molar-refractivity contribution in [3.63, 3.8) is 0 Å². The first-order chi connectivity index (χ1) is 12.7. The predicted molar refractivity (Wildman–Crippen MR) is 102 cm³/mol. The second kappa shape index (κ2) is 6.59. The number of amides is 1. The van der Waals surface area contributed by atoms with E-state index >= 15 is 0 Å². The number of ether oxygens (including phenoxy) is 1. The Hall–Kier alpha value is -1.50. The molecule has 2 aromatic rings. The van der Waals surface area contributed by atoms with Gasteiger partial charge in [0.1, 0.15) is 5.60 Å². The summed E-state index contributed by atoms with van der Waals surface area (Å²) in [6, 6.07) is 8.73. The monoisotopic (exact) mass is 371 g/mol. The zero-order valence-corrected chi connectivity index (χ0v) is 15.8. The van der Waals surface area contributed by atoms with Crippen LogP contribution < -0.4 is 0 Å². The first kappa shape index (κ1) is 16.7. The highest BCUT2D eigenvalue weighted by Gasteiger charge is 2.52. The molecule has 26 heavy (non-hydrogen) atoms. The summed E-state index contributed by atoms with van der Waals surface area (Å²) >= 11 is 1.70. The summed E-state index contributed by atoms with van der Waals surface area (Å²) in [5.41, 5.74) is 0.980. The number of rotatable bonds is 4. The van der Waals surface area contributed by atoms with Crippen molar-refractivity contribution in [2.45, 2.75) is 43.7 Å². The van der Waals surface area contributed by atoms with E-state index in [1.807, 2.05) is 23.1 Å². The zero-order chi connectivity index (χ0) is 17.6. The Morgan fingerprint density at radius 1 is 1.27 bits per heavy atom. The van der Waals surface area contributed by atoms with E-state index < -0.39 is 0 Å². The lowest BCUT2D eigenvalue weighted by molar-refractivity contribution is -0.157. The lowest BCUT2D eigenvalue weighted by Crippen LogP contribution is -2.63. The highest BCUT2D eigenvalue weighted by Crippen LogP contribution is 2.38. The van der Waals surface area contributed by atoms with Gasteiger partial charge in [-0.05, 0) is 44.5 Å². The number of aryl methyl sites for hydroxylation is 1. The van der Waals surface area contributed by atoms with Crippen molar-refractivity contribution >= 4 is 27.5 Å². The van der Waals surface area contributed by atoms with Crippen molar-refractivity contribution in [1.82, 2.24) is 14.8 Å². The number of carbonyl (C=O) groups is 1. The summed E-state index contributed by atoms with van der Waals surface area (Å²) in [5.74, 6) is 0.239. The van der Waals surface area contributed by atoms with Crippen LogP contribution in [0.1, 0.15) is 30.7 Å². The fourth-order valence-corrected chi connectivity index (χ4v) is 5.57. The van der Waals surface area contributed by atoms with Gasteiger partial charge in [0, 0.05) is 18.9 Å². The molecule has 1 unspecified atom stereocenters. The molecule has 1 aromatic heterocycles. The molecule has 0 saturated carbocycles. The molecular weight excluding hydrogens is 346 g/mol. The van der Waals surface area contributed by atoms with Gasteiger partial charge in [0.25, 0.3) is 0 Å². The molecule has 4 heterocycles. The van der Waals surface area contributed by atoms with Gasteiger partial charge in [-0.3, -0.25) is 9.69 Å². The quantitative estimate of drug-likeness (QED) is 0.829. The molecule has 0 bridgehead atoms. The van der Waals surface area contributed by atoms with Crippen molar-refractivity contribution in [1.29, 1.82) is 0 Å². The third-order valence-electron chi connectivity index (χ3n) is 6.05. The number of likely N-dealkylation sites (tertiary alicyclic amines) is 2. The molecule has 0 radical (unpaired) electrons. The van der Waals surface area contributed by atoms with E-state index in [0.717, 1.165) is 43.1 Å². The Bertz CT molecular complexity index is 775. The number of nitrogens with zero attached hydrogens (tertiary/aromatic N) is 3. The molecule has 0 aliphatic carbocycles. The van der Waals surface area contributed by atoms with Crippen molar-refractivity contribution < 1.29 is 9.53 Å².